The zero-order valence-electron chi connectivity index (χ0n) is 12.6. The number of carbonyl (C=O) groups is 1. The van der Waals surface area contributed by atoms with Crippen LogP contribution in [0.1, 0.15) is 45.1 Å². The number of likely N-dealkylation sites (tertiary alicyclic amines) is 1. The highest BCUT2D eigenvalue weighted by Gasteiger charge is 2.20. The quantitative estimate of drug-likeness (QED) is 0.898. The molecule has 1 N–H and O–H groups in total. The molecule has 0 radical (unpaired) electrons. The van der Waals surface area contributed by atoms with Crippen molar-refractivity contribution in [1.29, 1.82) is 0 Å². The summed E-state index contributed by atoms with van der Waals surface area (Å²) < 4.78 is 0. The van der Waals surface area contributed by atoms with Gasteiger partial charge >= 0.3 is 0 Å². The van der Waals surface area contributed by atoms with Crippen molar-refractivity contribution in [3.63, 3.8) is 0 Å². The first-order valence-corrected chi connectivity index (χ1v) is 7.65. The molecular weight excluding hydrogens is 250 g/mol. The Labute approximate surface area is 121 Å². The fourth-order valence-electron chi connectivity index (χ4n) is 2.44. The zero-order chi connectivity index (χ0) is 14.4. The van der Waals surface area contributed by atoms with Crippen molar-refractivity contribution < 1.29 is 4.79 Å². The Morgan fingerprint density at radius 3 is 2.95 bits per heavy atom. The van der Waals surface area contributed by atoms with Crippen LogP contribution in [-0.4, -0.2) is 28.9 Å². The van der Waals surface area contributed by atoms with Crippen molar-refractivity contribution >= 4 is 11.7 Å². The van der Waals surface area contributed by atoms with Gasteiger partial charge in [0.15, 0.2) is 0 Å². The molecule has 4 heteroatoms. The highest BCUT2D eigenvalue weighted by Crippen LogP contribution is 2.19. The van der Waals surface area contributed by atoms with E-state index in [4.69, 9.17) is 0 Å². The second-order valence-electron chi connectivity index (χ2n) is 5.73. The van der Waals surface area contributed by atoms with E-state index in [0.717, 1.165) is 43.7 Å². The van der Waals surface area contributed by atoms with E-state index in [1.807, 2.05) is 17.2 Å². The van der Waals surface area contributed by atoms with E-state index in [1.165, 1.54) is 0 Å². The molecule has 1 saturated heterocycles. The van der Waals surface area contributed by atoms with Gasteiger partial charge in [-0.05, 0) is 36.8 Å². The summed E-state index contributed by atoms with van der Waals surface area (Å²) in [6, 6.07) is 4.06. The molecule has 1 aromatic rings. The first kappa shape index (κ1) is 14.8. The van der Waals surface area contributed by atoms with Crippen molar-refractivity contribution in [2.45, 2.75) is 46.1 Å². The van der Waals surface area contributed by atoms with Crippen molar-refractivity contribution in [3.8, 4) is 0 Å². The summed E-state index contributed by atoms with van der Waals surface area (Å²) in [5.41, 5.74) is 1.11. The molecule has 0 saturated carbocycles. The summed E-state index contributed by atoms with van der Waals surface area (Å²) in [7, 11) is 0. The van der Waals surface area contributed by atoms with Gasteiger partial charge in [0, 0.05) is 32.3 Å². The number of pyridine rings is 1. The van der Waals surface area contributed by atoms with Gasteiger partial charge in [0.1, 0.15) is 5.82 Å². The number of hydrogen-bond donors (Lipinski definition) is 1. The summed E-state index contributed by atoms with van der Waals surface area (Å²) >= 11 is 0. The van der Waals surface area contributed by atoms with Crippen LogP contribution < -0.4 is 5.32 Å². The van der Waals surface area contributed by atoms with Gasteiger partial charge in [0.05, 0.1) is 0 Å². The average Bonchev–Trinajstić information content (AvgIpc) is 2.62. The lowest BCUT2D eigenvalue weighted by molar-refractivity contribution is -0.131. The molecule has 1 fully saturated rings. The molecule has 2 rings (SSSR count). The number of aromatic nitrogens is 1. The molecule has 1 aliphatic heterocycles. The fraction of sp³-hybridized carbons (Fsp3) is 0.625. The molecule has 2 heterocycles. The molecule has 110 valence electrons. The normalized spacial score (nSPS) is 19.8. The van der Waals surface area contributed by atoms with Crippen LogP contribution in [0.4, 0.5) is 5.82 Å². The molecule has 1 aliphatic rings. The lowest BCUT2D eigenvalue weighted by Crippen LogP contribution is -2.29. The van der Waals surface area contributed by atoms with Gasteiger partial charge in [0.2, 0.25) is 5.91 Å². The SMILES string of the molecule is CCCNc1ccc(CN2CCC(C)CCC2=O)cn1. The highest BCUT2D eigenvalue weighted by molar-refractivity contribution is 5.76. The van der Waals surface area contributed by atoms with Crippen molar-refractivity contribution in [1.82, 2.24) is 9.88 Å². The number of anilines is 1. The van der Waals surface area contributed by atoms with E-state index in [9.17, 15) is 4.79 Å². The summed E-state index contributed by atoms with van der Waals surface area (Å²) in [5.74, 6) is 1.84. The minimum atomic E-state index is 0.280. The van der Waals surface area contributed by atoms with Crippen LogP contribution in [0.3, 0.4) is 0 Å². The summed E-state index contributed by atoms with van der Waals surface area (Å²) in [4.78, 5) is 18.4. The molecule has 0 aliphatic carbocycles. The van der Waals surface area contributed by atoms with Crippen molar-refractivity contribution in [2.75, 3.05) is 18.4 Å². The smallest absolute Gasteiger partial charge is 0.222 e. The first-order valence-electron chi connectivity index (χ1n) is 7.65. The Balaban J connectivity index is 1.93. The minimum absolute atomic E-state index is 0.280. The number of nitrogens with zero attached hydrogens (tertiary/aromatic N) is 2. The maximum Gasteiger partial charge on any atom is 0.222 e. The van der Waals surface area contributed by atoms with Crippen LogP contribution in [-0.2, 0) is 11.3 Å². The molecule has 1 amide bonds. The van der Waals surface area contributed by atoms with Crippen LogP contribution in [0.2, 0.25) is 0 Å². The van der Waals surface area contributed by atoms with Gasteiger partial charge in [0.25, 0.3) is 0 Å². The monoisotopic (exact) mass is 275 g/mol. The van der Waals surface area contributed by atoms with Gasteiger partial charge in [-0.2, -0.15) is 0 Å². The van der Waals surface area contributed by atoms with Crippen molar-refractivity contribution in [2.24, 2.45) is 5.92 Å². The van der Waals surface area contributed by atoms with Crippen LogP contribution in [0.5, 0.6) is 0 Å². The minimum Gasteiger partial charge on any atom is -0.370 e. The van der Waals surface area contributed by atoms with Crippen LogP contribution in [0, 0.1) is 5.92 Å². The highest BCUT2D eigenvalue weighted by atomic mass is 16.2. The maximum absolute atomic E-state index is 12.1. The number of rotatable bonds is 5. The van der Waals surface area contributed by atoms with Crippen molar-refractivity contribution in [3.05, 3.63) is 23.9 Å². The third-order valence-corrected chi connectivity index (χ3v) is 3.85. The van der Waals surface area contributed by atoms with Crippen LogP contribution in [0.15, 0.2) is 18.3 Å². The summed E-state index contributed by atoms with van der Waals surface area (Å²) in [6.07, 6.45) is 5.77. The Bertz CT molecular complexity index is 430. The lowest BCUT2D eigenvalue weighted by Gasteiger charge is -2.20. The Kier molecular flexibility index (Phi) is 5.39. The Morgan fingerprint density at radius 2 is 2.25 bits per heavy atom. The second-order valence-corrected chi connectivity index (χ2v) is 5.73. The van der Waals surface area contributed by atoms with Crippen LogP contribution in [0.25, 0.3) is 0 Å². The number of amides is 1. The lowest BCUT2D eigenvalue weighted by atomic mass is 10.0. The van der Waals surface area contributed by atoms with E-state index in [-0.39, 0.29) is 5.91 Å². The van der Waals surface area contributed by atoms with Gasteiger partial charge in [-0.15, -0.1) is 0 Å². The van der Waals surface area contributed by atoms with E-state index < -0.39 is 0 Å². The molecule has 4 nitrogen and oxygen atoms in total. The average molecular weight is 275 g/mol. The summed E-state index contributed by atoms with van der Waals surface area (Å²) in [6.45, 7) is 6.86. The molecule has 1 atom stereocenters. The van der Waals surface area contributed by atoms with Gasteiger partial charge in [-0.3, -0.25) is 4.79 Å². The van der Waals surface area contributed by atoms with Crippen LogP contribution >= 0.6 is 0 Å². The third-order valence-electron chi connectivity index (χ3n) is 3.85. The zero-order valence-corrected chi connectivity index (χ0v) is 12.6. The van der Waals surface area contributed by atoms with Gasteiger partial charge < -0.3 is 10.2 Å². The molecule has 1 unspecified atom stereocenters. The fourth-order valence-corrected chi connectivity index (χ4v) is 2.44. The standard InChI is InChI=1S/C16H25N3O/c1-3-9-17-15-6-5-14(11-18-15)12-19-10-8-13(2)4-7-16(19)20/h5-6,11,13H,3-4,7-10,12H2,1-2H3,(H,17,18). The Morgan fingerprint density at radius 1 is 1.40 bits per heavy atom. The Hall–Kier alpha value is -1.58. The molecule has 1 aromatic heterocycles. The number of hydrogen-bond acceptors (Lipinski definition) is 3. The molecule has 0 spiro atoms. The maximum atomic E-state index is 12.1. The predicted octanol–water partition coefficient (Wildman–Crippen LogP) is 3.05. The van der Waals surface area contributed by atoms with Gasteiger partial charge in [-0.1, -0.05) is 19.9 Å². The molecule has 0 bridgehead atoms. The third kappa shape index (κ3) is 4.22. The first-order chi connectivity index (χ1) is 9.69. The van der Waals surface area contributed by atoms with Gasteiger partial charge in [-0.25, -0.2) is 4.98 Å². The van der Waals surface area contributed by atoms with E-state index in [0.29, 0.717) is 18.9 Å². The number of nitrogens with one attached hydrogen (secondary N) is 1. The summed E-state index contributed by atoms with van der Waals surface area (Å²) in [5, 5.41) is 3.26. The molecule has 20 heavy (non-hydrogen) atoms. The van der Waals surface area contributed by atoms with E-state index >= 15 is 0 Å². The predicted molar refractivity (Wildman–Crippen MR) is 81.4 cm³/mol. The van der Waals surface area contributed by atoms with E-state index in [2.05, 4.69) is 30.2 Å². The number of carbonyl (C=O) groups excluding carboxylic acids is 1. The van der Waals surface area contributed by atoms with E-state index in [1.54, 1.807) is 0 Å². The molecular formula is C16H25N3O. The second kappa shape index (κ2) is 7.27. The molecule has 0 aromatic carbocycles. The topological polar surface area (TPSA) is 45.2 Å². The largest absolute Gasteiger partial charge is 0.370 e.